The number of ketones is 1. The molecular weight excluding hydrogens is 293 g/mol. The number of carbonyl (C=O) groups excluding carboxylic acids is 1. The predicted molar refractivity (Wildman–Crippen MR) is 54.7 cm³/mol. The van der Waals surface area contributed by atoms with E-state index >= 15 is 0 Å². The van der Waals surface area contributed by atoms with Crippen LogP contribution in [0.4, 0.5) is 27.6 Å². The zero-order valence-electron chi connectivity index (χ0n) is 9.70. The Kier molecular flexibility index (Phi) is 4.26. The molecule has 0 atom stereocenters. The molecule has 20 heavy (non-hydrogen) atoms. The van der Waals surface area contributed by atoms with Gasteiger partial charge < -0.3 is 4.74 Å². The van der Waals surface area contributed by atoms with Gasteiger partial charge in [0.1, 0.15) is 11.3 Å². The Balaban J connectivity index is 3.64. The number of alkyl halides is 5. The predicted octanol–water partition coefficient (Wildman–Crippen LogP) is 3.42. The lowest BCUT2D eigenvalue weighted by atomic mass is 10.0. The fourth-order valence-electron chi connectivity index (χ4n) is 1.49. The number of hydrogen-bond acceptors (Lipinski definition) is 4. The van der Waals surface area contributed by atoms with E-state index < -0.39 is 46.1 Å². The molecule has 10 heteroatoms. The van der Waals surface area contributed by atoms with Gasteiger partial charge in [-0.1, -0.05) is 0 Å². The van der Waals surface area contributed by atoms with Gasteiger partial charge in [0.15, 0.2) is 5.78 Å². The van der Waals surface area contributed by atoms with E-state index in [1.807, 2.05) is 0 Å². The summed E-state index contributed by atoms with van der Waals surface area (Å²) in [6, 6.07) is 0.589. The maximum absolute atomic E-state index is 12.8. The molecule has 1 aromatic rings. The number of ether oxygens (including phenoxy) is 1. The molecule has 0 aliphatic heterocycles. The third-order valence-electron chi connectivity index (χ3n) is 2.18. The number of rotatable bonds is 4. The van der Waals surface area contributed by atoms with Gasteiger partial charge >= 0.3 is 12.8 Å². The number of halogens is 5. The number of Topliss-reactive ketones (excluding diaryl/α,β-unsaturated/α-hetero) is 1. The van der Waals surface area contributed by atoms with Crippen molar-refractivity contribution in [1.82, 2.24) is 0 Å². The van der Waals surface area contributed by atoms with E-state index in [2.05, 4.69) is 4.74 Å². The van der Waals surface area contributed by atoms with Crippen LogP contribution in [0.2, 0.25) is 0 Å². The van der Waals surface area contributed by atoms with Crippen molar-refractivity contribution in [2.45, 2.75) is 19.7 Å². The minimum Gasteiger partial charge on any atom is -0.435 e. The Hall–Kier alpha value is -2.26. The number of benzene rings is 1. The molecule has 0 amide bonds. The standard InChI is InChI=1S/C10H6F5NO4/c1-4(17)6-2-5(20-9(11)12)3-7(16(18)19)8(6)10(13,14)15/h2-3,9H,1H3. The molecule has 5 nitrogen and oxygen atoms in total. The summed E-state index contributed by atoms with van der Waals surface area (Å²) in [5.74, 6) is -2.06. The first-order valence-corrected chi connectivity index (χ1v) is 4.89. The first kappa shape index (κ1) is 15.8. The average molecular weight is 299 g/mol. The van der Waals surface area contributed by atoms with Crippen LogP contribution in [0.1, 0.15) is 22.8 Å². The maximum Gasteiger partial charge on any atom is 0.423 e. The molecule has 0 spiro atoms. The van der Waals surface area contributed by atoms with Crippen LogP contribution in [0.15, 0.2) is 12.1 Å². The first-order chi connectivity index (χ1) is 9.04. The van der Waals surface area contributed by atoms with Crippen molar-refractivity contribution < 1.29 is 36.4 Å². The van der Waals surface area contributed by atoms with E-state index in [9.17, 15) is 36.9 Å². The van der Waals surface area contributed by atoms with Gasteiger partial charge in [-0.15, -0.1) is 0 Å². The third kappa shape index (κ3) is 3.39. The molecule has 0 aliphatic carbocycles. The highest BCUT2D eigenvalue weighted by molar-refractivity contribution is 5.97. The van der Waals surface area contributed by atoms with Gasteiger partial charge in [-0.05, 0) is 13.0 Å². The lowest BCUT2D eigenvalue weighted by Crippen LogP contribution is -2.15. The molecule has 0 fully saturated rings. The van der Waals surface area contributed by atoms with Crippen LogP contribution in [0.25, 0.3) is 0 Å². The monoisotopic (exact) mass is 299 g/mol. The highest BCUT2D eigenvalue weighted by Crippen LogP contribution is 2.41. The number of nitrogens with zero attached hydrogens (tertiary/aromatic N) is 1. The smallest absolute Gasteiger partial charge is 0.423 e. The van der Waals surface area contributed by atoms with Crippen molar-refractivity contribution in [3.63, 3.8) is 0 Å². The summed E-state index contributed by atoms with van der Waals surface area (Å²) in [5, 5.41) is 10.6. The van der Waals surface area contributed by atoms with E-state index in [0.29, 0.717) is 6.07 Å². The number of nitro benzene ring substituents is 1. The van der Waals surface area contributed by atoms with Gasteiger partial charge in [-0.2, -0.15) is 22.0 Å². The lowest BCUT2D eigenvalue weighted by Gasteiger charge is -2.13. The molecule has 0 radical (unpaired) electrons. The highest BCUT2D eigenvalue weighted by Gasteiger charge is 2.42. The van der Waals surface area contributed by atoms with E-state index in [0.717, 1.165) is 6.92 Å². The zero-order chi connectivity index (χ0) is 15.7. The number of nitro groups is 1. The van der Waals surface area contributed by atoms with Crippen LogP contribution >= 0.6 is 0 Å². The summed E-state index contributed by atoms with van der Waals surface area (Å²) >= 11 is 0. The second-order valence-corrected chi connectivity index (χ2v) is 3.55. The zero-order valence-corrected chi connectivity index (χ0v) is 9.70. The molecule has 0 aromatic heterocycles. The summed E-state index contributed by atoms with van der Waals surface area (Å²) in [6.45, 7) is -2.67. The van der Waals surface area contributed by atoms with E-state index in [1.165, 1.54) is 0 Å². The molecule has 110 valence electrons. The molecule has 0 saturated carbocycles. The van der Waals surface area contributed by atoms with Gasteiger partial charge in [-0.25, -0.2) is 0 Å². The molecule has 0 saturated heterocycles. The second kappa shape index (κ2) is 5.39. The van der Waals surface area contributed by atoms with Crippen LogP contribution in [-0.2, 0) is 6.18 Å². The van der Waals surface area contributed by atoms with Gasteiger partial charge in [0.25, 0.3) is 5.69 Å². The van der Waals surface area contributed by atoms with Crippen molar-refractivity contribution in [1.29, 1.82) is 0 Å². The molecule has 1 aromatic carbocycles. The van der Waals surface area contributed by atoms with Crippen molar-refractivity contribution in [3.8, 4) is 5.75 Å². The minimum absolute atomic E-state index is 0.196. The van der Waals surface area contributed by atoms with Crippen LogP contribution < -0.4 is 4.74 Å². The average Bonchev–Trinajstić information content (AvgIpc) is 2.25. The van der Waals surface area contributed by atoms with Crippen molar-refractivity contribution in [2.75, 3.05) is 0 Å². The Morgan fingerprint density at radius 2 is 1.90 bits per heavy atom. The first-order valence-electron chi connectivity index (χ1n) is 4.89. The molecule has 0 aliphatic rings. The molecule has 0 bridgehead atoms. The van der Waals surface area contributed by atoms with Crippen LogP contribution in [0.3, 0.4) is 0 Å². The largest absolute Gasteiger partial charge is 0.435 e. The van der Waals surface area contributed by atoms with E-state index in [1.54, 1.807) is 0 Å². The Morgan fingerprint density at radius 1 is 1.35 bits per heavy atom. The van der Waals surface area contributed by atoms with Gasteiger partial charge in [0.2, 0.25) is 0 Å². The van der Waals surface area contributed by atoms with Crippen molar-refractivity contribution in [3.05, 3.63) is 33.4 Å². The Labute approximate surface area is 108 Å². The third-order valence-corrected chi connectivity index (χ3v) is 2.18. The van der Waals surface area contributed by atoms with E-state index in [4.69, 9.17) is 0 Å². The fraction of sp³-hybridized carbons (Fsp3) is 0.300. The van der Waals surface area contributed by atoms with Crippen LogP contribution in [0, 0.1) is 10.1 Å². The molecule has 0 heterocycles. The van der Waals surface area contributed by atoms with Crippen LogP contribution in [0.5, 0.6) is 5.75 Å². The van der Waals surface area contributed by atoms with Crippen molar-refractivity contribution in [2.24, 2.45) is 0 Å². The van der Waals surface area contributed by atoms with Crippen molar-refractivity contribution >= 4 is 11.5 Å². The highest BCUT2D eigenvalue weighted by atomic mass is 19.4. The summed E-state index contributed by atoms with van der Waals surface area (Å²) < 4.78 is 66.2. The lowest BCUT2D eigenvalue weighted by molar-refractivity contribution is -0.388. The summed E-state index contributed by atoms with van der Waals surface area (Å²) in [4.78, 5) is 20.4. The van der Waals surface area contributed by atoms with E-state index in [-0.39, 0.29) is 6.07 Å². The summed E-state index contributed by atoms with van der Waals surface area (Å²) in [6.07, 6.45) is -5.19. The SMILES string of the molecule is CC(=O)c1cc(OC(F)F)cc([N+](=O)[O-])c1C(F)(F)F. The number of hydrogen-bond donors (Lipinski definition) is 0. The fourth-order valence-corrected chi connectivity index (χ4v) is 1.49. The van der Waals surface area contributed by atoms with Gasteiger partial charge in [-0.3, -0.25) is 14.9 Å². The minimum atomic E-state index is -5.19. The second-order valence-electron chi connectivity index (χ2n) is 3.55. The quantitative estimate of drug-likeness (QED) is 0.370. The van der Waals surface area contributed by atoms with Gasteiger partial charge in [0.05, 0.1) is 11.0 Å². The van der Waals surface area contributed by atoms with Crippen LogP contribution in [-0.4, -0.2) is 17.3 Å². The molecular formula is C10H6F5NO4. The maximum atomic E-state index is 12.8. The summed E-state index contributed by atoms with van der Waals surface area (Å²) in [5.41, 5.74) is -4.43. The summed E-state index contributed by atoms with van der Waals surface area (Å²) in [7, 11) is 0. The number of carbonyl (C=O) groups is 1. The van der Waals surface area contributed by atoms with Gasteiger partial charge in [0, 0.05) is 5.56 Å². The molecule has 0 N–H and O–H groups in total. The molecule has 1 rings (SSSR count). The normalized spacial score (nSPS) is 11.6. The topological polar surface area (TPSA) is 69.4 Å². The Morgan fingerprint density at radius 3 is 2.25 bits per heavy atom. The molecule has 0 unspecified atom stereocenters. The Bertz CT molecular complexity index is 520.